The van der Waals surface area contributed by atoms with Crippen molar-refractivity contribution in [1.82, 2.24) is 4.90 Å². The third-order valence-corrected chi connectivity index (χ3v) is 3.14. The van der Waals surface area contributed by atoms with Crippen molar-refractivity contribution < 1.29 is 14.6 Å². The lowest BCUT2D eigenvalue weighted by Crippen LogP contribution is -2.57. The van der Waals surface area contributed by atoms with Crippen molar-refractivity contribution in [3.8, 4) is 0 Å². The van der Waals surface area contributed by atoms with Crippen LogP contribution in [0.5, 0.6) is 0 Å². The van der Waals surface area contributed by atoms with Gasteiger partial charge in [-0.1, -0.05) is 13.3 Å². The van der Waals surface area contributed by atoms with Crippen LogP contribution >= 0.6 is 0 Å². The average molecular weight is 215 g/mol. The van der Waals surface area contributed by atoms with E-state index in [-0.39, 0.29) is 6.10 Å². The van der Waals surface area contributed by atoms with Crippen molar-refractivity contribution in [2.75, 3.05) is 19.7 Å². The second-order valence-corrected chi connectivity index (χ2v) is 4.46. The van der Waals surface area contributed by atoms with Crippen LogP contribution in [0.4, 0.5) is 0 Å². The summed E-state index contributed by atoms with van der Waals surface area (Å²) in [5.41, 5.74) is -0.729. The lowest BCUT2D eigenvalue weighted by molar-refractivity contribution is -0.156. The number of carbonyl (C=O) groups is 1. The first kappa shape index (κ1) is 12.5. The van der Waals surface area contributed by atoms with Crippen LogP contribution in [0.15, 0.2) is 0 Å². The van der Waals surface area contributed by atoms with Gasteiger partial charge < -0.3 is 9.84 Å². The van der Waals surface area contributed by atoms with Gasteiger partial charge in [0.1, 0.15) is 5.54 Å². The van der Waals surface area contributed by atoms with E-state index in [0.717, 1.165) is 6.42 Å². The van der Waals surface area contributed by atoms with Crippen LogP contribution in [0, 0.1) is 0 Å². The first-order chi connectivity index (χ1) is 7.00. The van der Waals surface area contributed by atoms with Gasteiger partial charge in [0.15, 0.2) is 0 Å². The fourth-order valence-electron chi connectivity index (χ4n) is 2.15. The van der Waals surface area contributed by atoms with Crippen LogP contribution in [0.3, 0.4) is 0 Å². The smallest absolute Gasteiger partial charge is 0.323 e. The molecule has 0 aromatic rings. The van der Waals surface area contributed by atoms with E-state index in [0.29, 0.717) is 26.1 Å². The van der Waals surface area contributed by atoms with Crippen LogP contribution in [0.2, 0.25) is 0 Å². The number of carboxylic acids is 1. The molecule has 1 fully saturated rings. The number of morpholine rings is 1. The van der Waals surface area contributed by atoms with E-state index >= 15 is 0 Å². The van der Waals surface area contributed by atoms with Crippen molar-refractivity contribution in [2.24, 2.45) is 0 Å². The zero-order valence-electron chi connectivity index (χ0n) is 9.82. The molecule has 0 aromatic carbocycles. The Kier molecular flexibility index (Phi) is 4.11. The maximum Gasteiger partial charge on any atom is 0.323 e. The predicted octanol–water partition coefficient (Wildman–Crippen LogP) is 1.35. The van der Waals surface area contributed by atoms with Crippen LogP contribution in [-0.4, -0.2) is 47.3 Å². The standard InChI is InChI=1S/C11H21NO3/c1-4-5-11(3,10(13)14)12-6-7-15-9(2)8-12/h9H,4-8H2,1-3H3,(H,13,14). The van der Waals surface area contributed by atoms with E-state index in [1.54, 1.807) is 0 Å². The lowest BCUT2D eigenvalue weighted by atomic mass is 9.93. The van der Waals surface area contributed by atoms with Gasteiger partial charge in [0.25, 0.3) is 0 Å². The minimum Gasteiger partial charge on any atom is -0.480 e. The van der Waals surface area contributed by atoms with Gasteiger partial charge in [0.2, 0.25) is 0 Å². The van der Waals surface area contributed by atoms with E-state index in [1.165, 1.54) is 0 Å². The highest BCUT2D eigenvalue weighted by atomic mass is 16.5. The predicted molar refractivity (Wildman–Crippen MR) is 57.9 cm³/mol. The largest absolute Gasteiger partial charge is 0.480 e. The van der Waals surface area contributed by atoms with Crippen molar-refractivity contribution in [3.63, 3.8) is 0 Å². The molecule has 1 saturated heterocycles. The quantitative estimate of drug-likeness (QED) is 0.769. The van der Waals surface area contributed by atoms with Gasteiger partial charge in [-0.15, -0.1) is 0 Å². The van der Waals surface area contributed by atoms with E-state index in [4.69, 9.17) is 4.74 Å². The summed E-state index contributed by atoms with van der Waals surface area (Å²) in [7, 11) is 0. The Bertz CT molecular complexity index is 232. The van der Waals surface area contributed by atoms with Crippen molar-refractivity contribution in [1.29, 1.82) is 0 Å². The Labute approximate surface area is 91.2 Å². The lowest BCUT2D eigenvalue weighted by Gasteiger charge is -2.42. The molecule has 15 heavy (non-hydrogen) atoms. The van der Waals surface area contributed by atoms with Gasteiger partial charge in [-0.2, -0.15) is 0 Å². The zero-order chi connectivity index (χ0) is 11.5. The van der Waals surface area contributed by atoms with E-state index < -0.39 is 11.5 Å². The first-order valence-electron chi connectivity index (χ1n) is 5.60. The van der Waals surface area contributed by atoms with E-state index in [1.807, 2.05) is 25.7 Å². The molecule has 1 aliphatic rings. The number of aliphatic carboxylic acids is 1. The Morgan fingerprint density at radius 3 is 2.80 bits per heavy atom. The minimum atomic E-state index is -0.729. The van der Waals surface area contributed by atoms with Gasteiger partial charge in [0.05, 0.1) is 12.7 Å². The maximum atomic E-state index is 11.3. The Balaban J connectivity index is 2.74. The van der Waals surface area contributed by atoms with Crippen LogP contribution in [-0.2, 0) is 9.53 Å². The Morgan fingerprint density at radius 2 is 2.33 bits per heavy atom. The van der Waals surface area contributed by atoms with Gasteiger partial charge in [0, 0.05) is 13.1 Å². The molecule has 4 nitrogen and oxygen atoms in total. The normalized spacial score (nSPS) is 27.3. The summed E-state index contributed by atoms with van der Waals surface area (Å²) in [6.07, 6.45) is 1.71. The van der Waals surface area contributed by atoms with E-state index in [9.17, 15) is 9.90 Å². The second kappa shape index (κ2) is 4.94. The number of carboxylic acid groups (broad SMARTS) is 1. The highest BCUT2D eigenvalue weighted by Crippen LogP contribution is 2.24. The molecule has 0 aliphatic carbocycles. The SMILES string of the molecule is CCCC(C)(C(=O)O)N1CCOC(C)C1. The molecule has 88 valence electrons. The third kappa shape index (κ3) is 2.69. The number of hydrogen-bond acceptors (Lipinski definition) is 3. The molecule has 0 bridgehead atoms. The average Bonchev–Trinajstić information content (AvgIpc) is 2.17. The summed E-state index contributed by atoms with van der Waals surface area (Å²) in [5.74, 6) is -0.724. The molecule has 1 aliphatic heterocycles. The summed E-state index contributed by atoms with van der Waals surface area (Å²) < 4.78 is 5.43. The van der Waals surface area contributed by atoms with Gasteiger partial charge >= 0.3 is 5.97 Å². The molecule has 2 unspecified atom stereocenters. The monoisotopic (exact) mass is 215 g/mol. The molecule has 1 rings (SSSR count). The topological polar surface area (TPSA) is 49.8 Å². The van der Waals surface area contributed by atoms with Gasteiger partial charge in [-0.3, -0.25) is 9.69 Å². The van der Waals surface area contributed by atoms with Crippen molar-refractivity contribution in [2.45, 2.75) is 45.3 Å². The van der Waals surface area contributed by atoms with Crippen molar-refractivity contribution in [3.05, 3.63) is 0 Å². The molecule has 0 saturated carbocycles. The number of hydrogen-bond donors (Lipinski definition) is 1. The summed E-state index contributed by atoms with van der Waals surface area (Å²) in [5, 5.41) is 9.32. The number of ether oxygens (including phenoxy) is 1. The highest BCUT2D eigenvalue weighted by molar-refractivity contribution is 5.78. The van der Waals surface area contributed by atoms with Crippen molar-refractivity contribution >= 4 is 5.97 Å². The first-order valence-corrected chi connectivity index (χ1v) is 5.60. The van der Waals surface area contributed by atoms with Crippen LogP contribution in [0.25, 0.3) is 0 Å². The summed E-state index contributed by atoms with van der Waals surface area (Å²) in [4.78, 5) is 13.4. The minimum absolute atomic E-state index is 0.134. The zero-order valence-corrected chi connectivity index (χ0v) is 9.82. The van der Waals surface area contributed by atoms with Crippen LogP contribution in [0.1, 0.15) is 33.6 Å². The molecular formula is C11H21NO3. The molecule has 2 atom stereocenters. The second-order valence-electron chi connectivity index (χ2n) is 4.46. The molecule has 1 N–H and O–H groups in total. The fraction of sp³-hybridized carbons (Fsp3) is 0.909. The Morgan fingerprint density at radius 1 is 1.67 bits per heavy atom. The van der Waals surface area contributed by atoms with Gasteiger partial charge in [-0.25, -0.2) is 0 Å². The van der Waals surface area contributed by atoms with E-state index in [2.05, 4.69) is 0 Å². The van der Waals surface area contributed by atoms with Gasteiger partial charge in [-0.05, 0) is 20.3 Å². The summed E-state index contributed by atoms with van der Waals surface area (Å²) in [6, 6.07) is 0. The molecule has 1 heterocycles. The third-order valence-electron chi connectivity index (χ3n) is 3.14. The summed E-state index contributed by atoms with van der Waals surface area (Å²) >= 11 is 0. The Hall–Kier alpha value is -0.610. The molecule has 4 heteroatoms. The summed E-state index contributed by atoms with van der Waals surface area (Å²) in [6.45, 7) is 7.88. The highest BCUT2D eigenvalue weighted by Gasteiger charge is 2.40. The molecule has 0 spiro atoms. The molecular weight excluding hydrogens is 194 g/mol. The molecule has 0 aromatic heterocycles. The molecule has 0 radical (unpaired) electrons. The fourth-order valence-corrected chi connectivity index (χ4v) is 2.15. The maximum absolute atomic E-state index is 11.3. The number of nitrogens with zero attached hydrogens (tertiary/aromatic N) is 1. The van der Waals surface area contributed by atoms with Crippen LogP contribution < -0.4 is 0 Å². The molecule has 0 amide bonds. The number of rotatable bonds is 4.